The Labute approximate surface area is 111 Å². The molecule has 3 rings (SSSR count). The second-order valence-electron chi connectivity index (χ2n) is 4.70. The van der Waals surface area contributed by atoms with Crippen molar-refractivity contribution in [2.24, 2.45) is 4.99 Å². The van der Waals surface area contributed by atoms with E-state index in [-0.39, 0.29) is 0 Å². The zero-order chi connectivity index (χ0) is 12.7. The molecule has 1 aromatic heterocycles. The van der Waals surface area contributed by atoms with Crippen molar-refractivity contribution < 1.29 is 4.42 Å². The van der Waals surface area contributed by atoms with Crippen LogP contribution in [0.5, 0.6) is 0 Å². The van der Waals surface area contributed by atoms with Crippen molar-refractivity contribution in [1.29, 1.82) is 0 Å². The minimum Gasteiger partial charge on any atom is -0.462 e. The molecule has 1 aromatic carbocycles. The molecule has 0 saturated heterocycles. The third-order valence-electron chi connectivity index (χ3n) is 3.45. The highest BCUT2D eigenvalue weighted by Gasteiger charge is 2.15. The highest BCUT2D eigenvalue weighted by atomic mass is 35.5. The van der Waals surface area contributed by atoms with Gasteiger partial charge in [0.05, 0.1) is 17.8 Å². The number of rotatable bonds is 2. The fourth-order valence-corrected chi connectivity index (χ4v) is 2.77. The summed E-state index contributed by atoms with van der Waals surface area (Å²) in [7, 11) is 0. The fourth-order valence-electron chi connectivity index (χ4n) is 2.50. The lowest BCUT2D eigenvalue weighted by Gasteiger charge is -2.09. The average molecular weight is 263 g/mol. The number of amidine groups is 1. The third kappa shape index (κ3) is 1.79. The second-order valence-corrected chi connectivity index (χ2v) is 5.10. The predicted molar refractivity (Wildman–Crippen MR) is 74.7 cm³/mol. The monoisotopic (exact) mass is 262 g/mol. The van der Waals surface area contributed by atoms with Gasteiger partial charge in [-0.05, 0) is 36.6 Å². The molecule has 3 nitrogen and oxygen atoms in total. The summed E-state index contributed by atoms with van der Waals surface area (Å²) in [5.41, 5.74) is 4.37. The minimum absolute atomic E-state index is 0.678. The van der Waals surface area contributed by atoms with Crippen LogP contribution in [0.2, 0.25) is 5.02 Å². The van der Waals surface area contributed by atoms with E-state index in [9.17, 15) is 0 Å². The smallest absolute Gasteiger partial charge is 0.152 e. The van der Waals surface area contributed by atoms with Crippen LogP contribution in [0.3, 0.4) is 0 Å². The molecule has 0 fully saturated rings. The molecule has 4 heteroatoms. The molecule has 1 aliphatic heterocycles. The van der Waals surface area contributed by atoms with Crippen LogP contribution < -0.4 is 5.32 Å². The van der Waals surface area contributed by atoms with Crippen molar-refractivity contribution >= 4 is 28.4 Å². The van der Waals surface area contributed by atoms with Crippen molar-refractivity contribution in [3.05, 3.63) is 34.0 Å². The Hall–Kier alpha value is -1.48. The van der Waals surface area contributed by atoms with Gasteiger partial charge in [0.25, 0.3) is 0 Å². The van der Waals surface area contributed by atoms with Crippen molar-refractivity contribution in [3.8, 4) is 0 Å². The number of halogens is 1. The summed E-state index contributed by atoms with van der Waals surface area (Å²) in [5.74, 6) is 1.05. The molecule has 2 aromatic rings. The molecule has 1 aliphatic rings. The Morgan fingerprint density at radius 2 is 2.28 bits per heavy atom. The predicted octanol–water partition coefficient (Wildman–Crippen LogP) is 3.25. The number of benzene rings is 1. The normalized spacial score (nSPS) is 14.9. The summed E-state index contributed by atoms with van der Waals surface area (Å²) in [5, 5.41) is 5.11. The first-order valence-electron chi connectivity index (χ1n) is 6.10. The lowest BCUT2D eigenvalue weighted by atomic mass is 9.99. The molecule has 0 aliphatic carbocycles. The molecule has 2 heterocycles. The minimum atomic E-state index is 0.678. The summed E-state index contributed by atoms with van der Waals surface area (Å²) in [6, 6.07) is 1.99. The van der Waals surface area contributed by atoms with Crippen molar-refractivity contribution in [1.82, 2.24) is 5.32 Å². The number of hydrogen-bond donors (Lipinski definition) is 1. The third-order valence-corrected chi connectivity index (χ3v) is 3.73. The van der Waals surface area contributed by atoms with E-state index >= 15 is 0 Å². The summed E-state index contributed by atoms with van der Waals surface area (Å²) in [4.78, 5) is 4.43. The van der Waals surface area contributed by atoms with Crippen LogP contribution >= 0.6 is 11.6 Å². The highest BCUT2D eigenvalue weighted by Crippen LogP contribution is 2.33. The number of nitrogens with one attached hydrogen (secondary N) is 1. The number of aryl methyl sites for hydroxylation is 2. The van der Waals surface area contributed by atoms with Gasteiger partial charge in [0.1, 0.15) is 5.84 Å². The summed E-state index contributed by atoms with van der Waals surface area (Å²) in [6.07, 6.45) is 2.57. The first kappa shape index (κ1) is 11.6. The number of fused-ring (bicyclic) bond motifs is 1. The number of hydrogen-bond acceptors (Lipinski definition) is 3. The lowest BCUT2D eigenvalue weighted by Crippen LogP contribution is -2.20. The molecule has 0 amide bonds. The van der Waals surface area contributed by atoms with Gasteiger partial charge in [0.2, 0.25) is 0 Å². The van der Waals surface area contributed by atoms with E-state index in [0.29, 0.717) is 5.02 Å². The van der Waals surface area contributed by atoms with Crippen molar-refractivity contribution in [2.45, 2.75) is 20.3 Å². The molecule has 0 saturated carbocycles. The van der Waals surface area contributed by atoms with Crippen molar-refractivity contribution in [3.63, 3.8) is 0 Å². The number of furan rings is 1. The van der Waals surface area contributed by atoms with E-state index in [4.69, 9.17) is 16.0 Å². The van der Waals surface area contributed by atoms with Gasteiger partial charge >= 0.3 is 0 Å². The molecule has 0 bridgehead atoms. The van der Waals surface area contributed by atoms with Crippen molar-refractivity contribution in [2.75, 3.05) is 13.1 Å². The molecule has 18 heavy (non-hydrogen) atoms. The first-order valence-corrected chi connectivity index (χ1v) is 6.47. The molecule has 1 N–H and O–H groups in total. The SMILES string of the molecule is Cc1coc2c(Cl)cc(CC3=NCCN3)c(C)c12. The summed E-state index contributed by atoms with van der Waals surface area (Å²) < 4.78 is 5.51. The summed E-state index contributed by atoms with van der Waals surface area (Å²) >= 11 is 6.28. The quantitative estimate of drug-likeness (QED) is 0.902. The highest BCUT2D eigenvalue weighted by molar-refractivity contribution is 6.35. The molecule has 0 spiro atoms. The van der Waals surface area contributed by atoms with Gasteiger partial charge in [-0.1, -0.05) is 11.6 Å². The van der Waals surface area contributed by atoms with Gasteiger partial charge in [-0.15, -0.1) is 0 Å². The topological polar surface area (TPSA) is 37.5 Å². The Morgan fingerprint density at radius 1 is 1.44 bits per heavy atom. The van der Waals surface area contributed by atoms with Gasteiger partial charge in [-0.3, -0.25) is 4.99 Å². The zero-order valence-corrected chi connectivity index (χ0v) is 11.3. The van der Waals surface area contributed by atoms with Crippen LogP contribution in [-0.2, 0) is 6.42 Å². The molecular weight excluding hydrogens is 248 g/mol. The second kappa shape index (κ2) is 4.32. The average Bonchev–Trinajstić information content (AvgIpc) is 2.95. The van der Waals surface area contributed by atoms with E-state index in [1.54, 1.807) is 6.26 Å². The lowest BCUT2D eigenvalue weighted by molar-refractivity contribution is 0.613. The zero-order valence-electron chi connectivity index (χ0n) is 10.5. The summed E-state index contributed by atoms with van der Waals surface area (Å²) in [6.45, 7) is 5.97. The van der Waals surface area contributed by atoms with Crippen LogP contribution in [-0.4, -0.2) is 18.9 Å². The Kier molecular flexibility index (Phi) is 2.78. The van der Waals surface area contributed by atoms with Crippen LogP contribution in [0, 0.1) is 13.8 Å². The van der Waals surface area contributed by atoms with Crippen LogP contribution in [0.15, 0.2) is 21.7 Å². The molecule has 94 valence electrons. The van der Waals surface area contributed by atoms with Crippen LogP contribution in [0.4, 0.5) is 0 Å². The first-order chi connectivity index (χ1) is 8.66. The van der Waals surface area contributed by atoms with Gasteiger partial charge in [-0.25, -0.2) is 0 Å². The van der Waals surface area contributed by atoms with Crippen LogP contribution in [0.25, 0.3) is 11.0 Å². The van der Waals surface area contributed by atoms with E-state index in [2.05, 4.69) is 17.2 Å². The van der Waals surface area contributed by atoms with E-state index in [1.165, 1.54) is 11.1 Å². The Morgan fingerprint density at radius 3 is 3.00 bits per heavy atom. The van der Waals surface area contributed by atoms with Gasteiger partial charge in [-0.2, -0.15) is 0 Å². The van der Waals surface area contributed by atoms with E-state index in [0.717, 1.165) is 41.9 Å². The number of aliphatic imine (C=N–C) groups is 1. The standard InChI is InChI=1S/C14H15ClN2O/c1-8-7-18-14-11(15)5-10(9(2)13(8)14)6-12-16-3-4-17-12/h5,7H,3-4,6H2,1-2H3,(H,16,17). The van der Waals surface area contributed by atoms with Crippen LogP contribution in [0.1, 0.15) is 16.7 Å². The van der Waals surface area contributed by atoms with Gasteiger partial charge in [0, 0.05) is 18.4 Å². The van der Waals surface area contributed by atoms with Gasteiger partial charge in [0.15, 0.2) is 5.58 Å². The van der Waals surface area contributed by atoms with E-state index < -0.39 is 0 Å². The molecule has 0 atom stereocenters. The van der Waals surface area contributed by atoms with Gasteiger partial charge < -0.3 is 9.73 Å². The maximum Gasteiger partial charge on any atom is 0.152 e. The Bertz CT molecular complexity index is 643. The maximum absolute atomic E-state index is 6.28. The van der Waals surface area contributed by atoms with E-state index in [1.807, 2.05) is 13.0 Å². The molecule has 0 radical (unpaired) electrons. The largest absolute Gasteiger partial charge is 0.462 e. The fraction of sp³-hybridized carbons (Fsp3) is 0.357. The molecule has 0 unspecified atom stereocenters. The molecular formula is C14H15ClN2O. The maximum atomic E-state index is 6.28. The Balaban J connectivity index is 2.11. The number of nitrogens with zero attached hydrogens (tertiary/aromatic N) is 1.